The predicted octanol–water partition coefficient (Wildman–Crippen LogP) is 6.13. The van der Waals surface area contributed by atoms with E-state index in [9.17, 15) is 14.7 Å². The van der Waals surface area contributed by atoms with E-state index in [-0.39, 0.29) is 24.0 Å². The lowest BCUT2D eigenvalue weighted by atomic mass is 9.79. The van der Waals surface area contributed by atoms with Crippen molar-refractivity contribution >= 4 is 57.4 Å². The number of aromatic nitrogens is 1. The van der Waals surface area contributed by atoms with E-state index in [0.29, 0.717) is 40.1 Å². The molecule has 1 N–H and O–H groups in total. The second-order valence-electron chi connectivity index (χ2n) is 8.84. The van der Waals surface area contributed by atoms with Gasteiger partial charge in [0.25, 0.3) is 0 Å². The number of thioether (sulfide) groups is 1. The van der Waals surface area contributed by atoms with Gasteiger partial charge in [-0.15, -0.1) is 11.8 Å². The van der Waals surface area contributed by atoms with Gasteiger partial charge in [0.05, 0.1) is 17.6 Å². The Bertz CT molecular complexity index is 1170. The second kappa shape index (κ2) is 12.2. The molecule has 0 aliphatic carbocycles. The number of carboxylic acids is 1. The molecule has 2 aromatic heterocycles. The average Bonchev–Trinajstić information content (AvgIpc) is 3.36. The zero-order chi connectivity index (χ0) is 24.8. The van der Waals surface area contributed by atoms with Gasteiger partial charge in [-0.1, -0.05) is 11.6 Å². The highest BCUT2D eigenvalue weighted by Crippen LogP contribution is 2.33. The maximum Gasteiger partial charge on any atom is 0.303 e. The summed E-state index contributed by atoms with van der Waals surface area (Å²) in [6, 6.07) is 7.54. The summed E-state index contributed by atoms with van der Waals surface area (Å²) in [7, 11) is 1.58. The van der Waals surface area contributed by atoms with Gasteiger partial charge >= 0.3 is 5.97 Å². The molecule has 186 valence electrons. The number of Topliss-reactive ketones (excluding diaryl/α,β-unsaturated/α-hetero) is 1. The van der Waals surface area contributed by atoms with E-state index in [4.69, 9.17) is 16.3 Å². The number of carbonyl (C=O) groups excluding carboxylic acids is 1. The largest absolute Gasteiger partial charge is 0.497 e. The molecule has 0 saturated carbocycles. The third kappa shape index (κ3) is 6.76. The topological polar surface area (TPSA) is 79.7 Å². The fraction of sp³-hybridized carbons (Fsp3) is 0.423. The van der Waals surface area contributed by atoms with Crippen LogP contribution in [0.4, 0.5) is 0 Å². The summed E-state index contributed by atoms with van der Waals surface area (Å²) in [5.74, 6) is 1.02. The molecule has 0 radical (unpaired) electrons. The Labute approximate surface area is 218 Å². The summed E-state index contributed by atoms with van der Waals surface area (Å²) in [6.07, 6.45) is 3.52. The van der Waals surface area contributed by atoms with E-state index in [1.807, 2.05) is 17.8 Å². The second-order valence-corrected chi connectivity index (χ2v) is 11.2. The van der Waals surface area contributed by atoms with Crippen LogP contribution in [0.15, 0.2) is 46.1 Å². The average molecular weight is 533 g/mol. The van der Waals surface area contributed by atoms with Crippen LogP contribution in [-0.2, 0) is 4.79 Å². The highest BCUT2D eigenvalue weighted by atomic mass is 35.5. The van der Waals surface area contributed by atoms with Gasteiger partial charge in [-0.25, -0.2) is 0 Å². The van der Waals surface area contributed by atoms with Crippen molar-refractivity contribution in [3.05, 3.63) is 51.8 Å². The molecular formula is C26H29ClN2O4S2. The molecule has 1 aliphatic heterocycles. The van der Waals surface area contributed by atoms with E-state index in [0.717, 1.165) is 31.8 Å². The number of ketones is 1. The number of ether oxygens (including phenoxy) is 1. The number of piperidine rings is 1. The van der Waals surface area contributed by atoms with Crippen LogP contribution in [0.25, 0.3) is 10.9 Å². The first-order valence-electron chi connectivity index (χ1n) is 11.7. The zero-order valence-corrected chi connectivity index (χ0v) is 22.0. The molecule has 0 amide bonds. The van der Waals surface area contributed by atoms with Gasteiger partial charge in [0.1, 0.15) is 5.75 Å². The number of benzene rings is 1. The number of hydrogen-bond acceptors (Lipinski definition) is 7. The van der Waals surface area contributed by atoms with Crippen molar-refractivity contribution in [1.29, 1.82) is 0 Å². The van der Waals surface area contributed by atoms with Crippen molar-refractivity contribution in [2.75, 3.05) is 32.5 Å². The lowest BCUT2D eigenvalue weighted by Crippen LogP contribution is -2.42. The molecule has 2 unspecified atom stereocenters. The molecule has 1 aromatic carbocycles. The van der Waals surface area contributed by atoms with E-state index in [1.54, 1.807) is 30.6 Å². The molecule has 35 heavy (non-hydrogen) atoms. The number of nitrogens with zero attached hydrogens (tertiary/aromatic N) is 2. The molecule has 4 rings (SSSR count). The minimum absolute atomic E-state index is 0.0324. The van der Waals surface area contributed by atoms with Gasteiger partial charge in [0, 0.05) is 59.1 Å². The maximum absolute atomic E-state index is 13.3. The molecule has 3 heterocycles. The van der Waals surface area contributed by atoms with Crippen LogP contribution >= 0.6 is 34.7 Å². The minimum Gasteiger partial charge on any atom is -0.497 e. The molecule has 0 spiro atoms. The minimum atomic E-state index is -0.781. The van der Waals surface area contributed by atoms with E-state index in [2.05, 4.69) is 26.7 Å². The van der Waals surface area contributed by atoms with Crippen LogP contribution in [0.3, 0.4) is 0 Å². The van der Waals surface area contributed by atoms with Gasteiger partial charge in [-0.3, -0.25) is 14.6 Å². The van der Waals surface area contributed by atoms with Crippen LogP contribution < -0.4 is 4.74 Å². The molecule has 1 saturated heterocycles. The fourth-order valence-electron chi connectivity index (χ4n) is 4.82. The Morgan fingerprint density at radius 1 is 1.31 bits per heavy atom. The van der Waals surface area contributed by atoms with Crippen LogP contribution in [0.2, 0.25) is 5.02 Å². The molecular weight excluding hydrogens is 504 g/mol. The number of aliphatic carboxylic acids is 1. The van der Waals surface area contributed by atoms with Crippen LogP contribution in [0.1, 0.15) is 36.0 Å². The molecule has 6 nitrogen and oxygen atoms in total. The van der Waals surface area contributed by atoms with Crippen molar-refractivity contribution in [2.45, 2.75) is 30.6 Å². The summed E-state index contributed by atoms with van der Waals surface area (Å²) in [5.41, 5.74) is 1.16. The number of pyridine rings is 1. The van der Waals surface area contributed by atoms with Crippen molar-refractivity contribution in [2.24, 2.45) is 11.8 Å². The lowest BCUT2D eigenvalue weighted by molar-refractivity contribution is -0.139. The summed E-state index contributed by atoms with van der Waals surface area (Å²) < 4.78 is 5.32. The number of halogens is 1. The summed E-state index contributed by atoms with van der Waals surface area (Å²) in [5, 5.41) is 14.7. The number of likely N-dealkylation sites (tertiary alicyclic amines) is 1. The van der Waals surface area contributed by atoms with E-state index >= 15 is 0 Å². The van der Waals surface area contributed by atoms with Gasteiger partial charge in [0.15, 0.2) is 5.78 Å². The Balaban J connectivity index is 1.39. The quantitative estimate of drug-likeness (QED) is 0.235. The first-order chi connectivity index (χ1) is 16.9. The van der Waals surface area contributed by atoms with Crippen molar-refractivity contribution < 1.29 is 19.4 Å². The van der Waals surface area contributed by atoms with Crippen LogP contribution in [0.5, 0.6) is 5.75 Å². The number of methoxy groups -OCH3 is 1. The SMILES string of the molecule is COc1ccc2ncc(Cl)c(C(=O)CCC3CCN(CCSc4ccsc4)CC3CC(=O)O)c2c1. The van der Waals surface area contributed by atoms with Crippen LogP contribution in [-0.4, -0.2) is 59.2 Å². The zero-order valence-electron chi connectivity index (χ0n) is 19.6. The number of rotatable bonds is 11. The molecule has 2 atom stereocenters. The number of carbonyl (C=O) groups is 2. The first-order valence-corrected chi connectivity index (χ1v) is 14.0. The number of carboxylic acid groups (broad SMARTS) is 1. The van der Waals surface area contributed by atoms with E-state index < -0.39 is 5.97 Å². The Hall–Kier alpha value is -2.13. The molecule has 3 aromatic rings. The smallest absolute Gasteiger partial charge is 0.303 e. The number of thiophene rings is 1. The highest BCUT2D eigenvalue weighted by molar-refractivity contribution is 7.99. The summed E-state index contributed by atoms with van der Waals surface area (Å²) in [6.45, 7) is 2.61. The number of fused-ring (bicyclic) bond motifs is 1. The molecule has 1 fully saturated rings. The predicted molar refractivity (Wildman–Crippen MR) is 142 cm³/mol. The first kappa shape index (κ1) is 25.9. The lowest BCUT2D eigenvalue weighted by Gasteiger charge is -2.38. The summed E-state index contributed by atoms with van der Waals surface area (Å²) >= 11 is 9.94. The monoisotopic (exact) mass is 532 g/mol. The third-order valence-electron chi connectivity index (χ3n) is 6.63. The fourth-order valence-corrected chi connectivity index (χ4v) is 6.87. The molecule has 0 bridgehead atoms. The van der Waals surface area contributed by atoms with Gasteiger partial charge in [-0.05, 0) is 60.9 Å². The Kier molecular flexibility index (Phi) is 9.05. The molecule has 1 aliphatic rings. The van der Waals surface area contributed by atoms with Gasteiger partial charge < -0.3 is 14.7 Å². The number of hydrogen-bond donors (Lipinski definition) is 1. The summed E-state index contributed by atoms with van der Waals surface area (Å²) in [4.78, 5) is 32.8. The molecule has 9 heteroatoms. The van der Waals surface area contributed by atoms with Gasteiger partial charge in [0.2, 0.25) is 0 Å². The Morgan fingerprint density at radius 3 is 2.91 bits per heavy atom. The van der Waals surface area contributed by atoms with Crippen molar-refractivity contribution in [3.8, 4) is 5.75 Å². The third-order valence-corrected chi connectivity index (χ3v) is 8.73. The van der Waals surface area contributed by atoms with Crippen molar-refractivity contribution in [1.82, 2.24) is 9.88 Å². The van der Waals surface area contributed by atoms with Crippen molar-refractivity contribution in [3.63, 3.8) is 0 Å². The normalized spacial score (nSPS) is 18.6. The van der Waals surface area contributed by atoms with Gasteiger partial charge in [-0.2, -0.15) is 11.3 Å². The van der Waals surface area contributed by atoms with E-state index in [1.165, 1.54) is 11.1 Å². The van der Waals surface area contributed by atoms with Crippen LogP contribution in [0, 0.1) is 11.8 Å². The highest BCUT2D eigenvalue weighted by Gasteiger charge is 2.31. The maximum atomic E-state index is 13.3. The Morgan fingerprint density at radius 2 is 2.17 bits per heavy atom. The standard InChI is InChI=1S/C26H29ClN2O4S2/c1-33-19-3-4-23-21(13-19)26(22(27)14-28-23)24(30)5-2-17-6-8-29(15-18(17)12-25(31)32)9-11-35-20-7-10-34-16-20/h3-4,7,10,13-14,16-18H,2,5-6,8-9,11-12,15H2,1H3,(H,31,32).